The Hall–Kier alpha value is -2.54. The van der Waals surface area contributed by atoms with Crippen molar-refractivity contribution < 1.29 is 14.6 Å². The van der Waals surface area contributed by atoms with Crippen molar-refractivity contribution >= 4 is 11.6 Å². The molecule has 0 atom stereocenters. The van der Waals surface area contributed by atoms with Gasteiger partial charge in [0, 0.05) is 38.8 Å². The number of aryl methyl sites for hydroxylation is 3. The summed E-state index contributed by atoms with van der Waals surface area (Å²) in [5.41, 5.74) is 2.54. The lowest BCUT2D eigenvalue weighted by molar-refractivity contribution is -0.0537. The number of halogens is 1. The van der Waals surface area contributed by atoms with Crippen LogP contribution in [0.1, 0.15) is 36.1 Å². The van der Waals surface area contributed by atoms with Gasteiger partial charge in [0.25, 0.3) is 0 Å². The maximum absolute atomic E-state index is 11.0. The highest BCUT2D eigenvalue weighted by Crippen LogP contribution is 2.29. The van der Waals surface area contributed by atoms with Crippen molar-refractivity contribution in [2.75, 3.05) is 26.3 Å². The van der Waals surface area contributed by atoms with Gasteiger partial charge < -0.3 is 14.6 Å². The summed E-state index contributed by atoms with van der Waals surface area (Å²) in [7, 11) is 0. The maximum Gasteiger partial charge on any atom is 0.138 e. The fraction of sp³-hybridized carbons (Fsp3) is 0.444. The van der Waals surface area contributed by atoms with E-state index in [1.165, 1.54) is 5.56 Å². The number of likely N-dealkylation sites (tertiary alicyclic amines) is 1. The molecular weight excluding hydrogens is 450 g/mol. The van der Waals surface area contributed by atoms with Crippen molar-refractivity contribution in [2.45, 2.75) is 51.8 Å². The zero-order valence-corrected chi connectivity index (χ0v) is 20.8. The van der Waals surface area contributed by atoms with E-state index in [1.54, 1.807) is 0 Å². The Balaban J connectivity index is 1.17. The summed E-state index contributed by atoms with van der Waals surface area (Å²) >= 11 is 6.22. The van der Waals surface area contributed by atoms with Crippen LogP contribution < -0.4 is 9.47 Å². The first-order chi connectivity index (χ1) is 16.4. The smallest absolute Gasteiger partial charge is 0.138 e. The molecule has 34 heavy (non-hydrogen) atoms. The van der Waals surface area contributed by atoms with Crippen LogP contribution in [0.5, 0.6) is 11.5 Å². The molecule has 0 radical (unpaired) electrons. The van der Waals surface area contributed by atoms with Gasteiger partial charge in [-0.15, -0.1) is 0 Å². The van der Waals surface area contributed by atoms with Gasteiger partial charge in [0.15, 0.2) is 0 Å². The molecule has 1 aliphatic rings. The van der Waals surface area contributed by atoms with Crippen LogP contribution in [0.15, 0.2) is 54.7 Å². The highest BCUT2D eigenvalue weighted by molar-refractivity contribution is 6.32. The molecule has 1 saturated heterocycles. The lowest BCUT2D eigenvalue weighted by Crippen LogP contribution is -2.47. The summed E-state index contributed by atoms with van der Waals surface area (Å²) in [6.07, 6.45) is 4.26. The van der Waals surface area contributed by atoms with E-state index < -0.39 is 5.60 Å². The molecule has 3 aromatic rings. The molecule has 2 heterocycles. The molecule has 0 aliphatic carbocycles. The first kappa shape index (κ1) is 24.6. The fourth-order valence-corrected chi connectivity index (χ4v) is 4.33. The number of aromatic nitrogens is 2. The number of aliphatic hydroxyl groups is 1. The Labute approximate surface area is 207 Å². The topological polar surface area (TPSA) is 59.8 Å². The second-order valence-corrected chi connectivity index (χ2v) is 9.70. The highest BCUT2D eigenvalue weighted by Gasteiger charge is 2.33. The van der Waals surface area contributed by atoms with Crippen molar-refractivity contribution in [2.24, 2.45) is 0 Å². The molecule has 6 nitrogen and oxygen atoms in total. The average molecular weight is 484 g/mol. The second kappa shape index (κ2) is 11.3. The fourth-order valence-electron chi connectivity index (χ4n) is 4.16. The number of hydrogen-bond donors (Lipinski definition) is 1. The van der Waals surface area contributed by atoms with E-state index in [2.05, 4.69) is 22.1 Å². The predicted octanol–water partition coefficient (Wildman–Crippen LogP) is 5.03. The minimum absolute atomic E-state index is 0.260. The molecule has 2 aromatic carbocycles. The van der Waals surface area contributed by atoms with Crippen LogP contribution in [0, 0.1) is 13.8 Å². The number of hydrogen-bond acceptors (Lipinski definition) is 5. The van der Waals surface area contributed by atoms with Crippen LogP contribution in [-0.4, -0.2) is 51.7 Å². The summed E-state index contributed by atoms with van der Waals surface area (Å²) in [4.78, 5) is 2.37. The van der Waals surface area contributed by atoms with Crippen molar-refractivity contribution in [1.29, 1.82) is 0 Å². The van der Waals surface area contributed by atoms with Gasteiger partial charge >= 0.3 is 0 Å². The molecule has 1 fully saturated rings. The molecule has 0 unspecified atom stereocenters. The van der Waals surface area contributed by atoms with Crippen LogP contribution in [0.25, 0.3) is 0 Å². The summed E-state index contributed by atoms with van der Waals surface area (Å²) in [6.45, 7) is 8.29. The van der Waals surface area contributed by atoms with Gasteiger partial charge in [0.05, 0.1) is 17.3 Å². The van der Waals surface area contributed by atoms with Gasteiger partial charge in [0.1, 0.15) is 23.7 Å². The minimum Gasteiger partial charge on any atom is -0.494 e. The number of piperidine rings is 1. The van der Waals surface area contributed by atoms with Gasteiger partial charge in [-0.25, -0.2) is 0 Å². The third-order valence-electron chi connectivity index (χ3n) is 6.27. The second-order valence-electron chi connectivity index (χ2n) is 9.29. The lowest BCUT2D eigenvalue weighted by atomic mass is 9.92. The Bertz CT molecular complexity index is 1060. The van der Waals surface area contributed by atoms with Crippen LogP contribution in [0.3, 0.4) is 0 Å². The molecule has 4 rings (SSSR count). The normalized spacial score (nSPS) is 15.9. The van der Waals surface area contributed by atoms with Crippen molar-refractivity contribution in [1.82, 2.24) is 14.7 Å². The zero-order valence-electron chi connectivity index (χ0n) is 20.0. The molecule has 0 spiro atoms. The number of nitrogens with zero attached hydrogens (tertiary/aromatic N) is 3. The Kier molecular flexibility index (Phi) is 8.14. The molecule has 182 valence electrons. The molecule has 0 bridgehead atoms. The number of rotatable bonds is 10. The SMILES string of the molecule is Cc1ccc(Cl)c(OCC2(O)CCN(Cc3ccc(OCCCn4ccc(C)n4)cc3)CC2)c1. The molecule has 0 amide bonds. The monoisotopic (exact) mass is 483 g/mol. The van der Waals surface area contributed by atoms with E-state index in [4.69, 9.17) is 21.1 Å². The van der Waals surface area contributed by atoms with E-state index in [1.807, 2.05) is 61.1 Å². The predicted molar refractivity (Wildman–Crippen MR) is 135 cm³/mol. The molecule has 1 N–H and O–H groups in total. The van der Waals surface area contributed by atoms with Crippen molar-refractivity contribution in [3.8, 4) is 11.5 Å². The van der Waals surface area contributed by atoms with Crippen LogP contribution in [0.2, 0.25) is 5.02 Å². The van der Waals surface area contributed by atoms with Gasteiger partial charge in [-0.05, 0) is 68.1 Å². The Morgan fingerprint density at radius 2 is 1.79 bits per heavy atom. The third kappa shape index (κ3) is 6.98. The van der Waals surface area contributed by atoms with E-state index >= 15 is 0 Å². The summed E-state index contributed by atoms with van der Waals surface area (Å²) in [5.74, 6) is 1.52. The summed E-state index contributed by atoms with van der Waals surface area (Å²) in [5, 5.41) is 15.9. The van der Waals surface area contributed by atoms with Gasteiger partial charge in [-0.1, -0.05) is 29.8 Å². The Morgan fingerprint density at radius 3 is 2.50 bits per heavy atom. The van der Waals surface area contributed by atoms with Crippen LogP contribution >= 0.6 is 11.6 Å². The van der Waals surface area contributed by atoms with E-state index in [0.29, 0.717) is 30.2 Å². The third-order valence-corrected chi connectivity index (χ3v) is 6.59. The average Bonchev–Trinajstić information content (AvgIpc) is 3.25. The van der Waals surface area contributed by atoms with E-state index in [-0.39, 0.29) is 6.61 Å². The van der Waals surface area contributed by atoms with Crippen LogP contribution in [0.4, 0.5) is 0 Å². The summed E-state index contributed by atoms with van der Waals surface area (Å²) < 4.78 is 13.7. The van der Waals surface area contributed by atoms with E-state index in [9.17, 15) is 5.11 Å². The van der Waals surface area contributed by atoms with Gasteiger partial charge in [-0.3, -0.25) is 9.58 Å². The highest BCUT2D eigenvalue weighted by atomic mass is 35.5. The van der Waals surface area contributed by atoms with Crippen molar-refractivity contribution in [3.63, 3.8) is 0 Å². The molecule has 0 saturated carbocycles. The standard InChI is InChI=1S/C27H34ClN3O3/c1-21-4-9-25(28)26(18-21)34-20-27(32)11-15-30(16-12-27)19-23-5-7-24(8-6-23)33-17-3-13-31-14-10-22(2)29-31/h4-10,14,18,32H,3,11-13,15-17,19-20H2,1-2H3. The molecule has 1 aromatic heterocycles. The van der Waals surface area contributed by atoms with Crippen LogP contribution in [-0.2, 0) is 13.1 Å². The van der Waals surface area contributed by atoms with Gasteiger partial charge in [0.2, 0.25) is 0 Å². The summed E-state index contributed by atoms with van der Waals surface area (Å²) in [6, 6.07) is 16.0. The number of ether oxygens (including phenoxy) is 2. The Morgan fingerprint density at radius 1 is 1.03 bits per heavy atom. The molecule has 7 heteroatoms. The zero-order chi connectivity index (χ0) is 24.0. The van der Waals surface area contributed by atoms with Crippen molar-refractivity contribution in [3.05, 3.63) is 76.6 Å². The molecular formula is C27H34ClN3O3. The van der Waals surface area contributed by atoms with E-state index in [0.717, 1.165) is 49.6 Å². The van der Waals surface area contributed by atoms with Gasteiger partial charge in [-0.2, -0.15) is 5.10 Å². The largest absolute Gasteiger partial charge is 0.494 e. The maximum atomic E-state index is 11.0. The first-order valence-corrected chi connectivity index (χ1v) is 12.3. The quantitative estimate of drug-likeness (QED) is 0.410. The molecule has 1 aliphatic heterocycles. The first-order valence-electron chi connectivity index (χ1n) is 11.9. The minimum atomic E-state index is -0.823. The lowest BCUT2D eigenvalue weighted by Gasteiger charge is -2.38. The number of benzene rings is 2.